The molecular formula is C18H19NO5. The zero-order valence-corrected chi connectivity index (χ0v) is 13.8. The molecule has 0 saturated carbocycles. The lowest BCUT2D eigenvalue weighted by Crippen LogP contribution is -2.25. The van der Waals surface area contributed by atoms with Crippen LogP contribution in [0.3, 0.4) is 0 Å². The summed E-state index contributed by atoms with van der Waals surface area (Å²) < 4.78 is 13.0. The standard InChI is InChI=1S/C18H19NO5/c1-10(2)15-9-24-17-6-11(23-3)4-5-12(17)14-7-16(20)13(18(21)22)8-19(14)15/h4-8,10,15H,9H2,1-3H3,(H,21,22)/t15-/m1/s1. The van der Waals surface area contributed by atoms with Gasteiger partial charge in [0.15, 0.2) is 5.43 Å². The molecular weight excluding hydrogens is 310 g/mol. The molecule has 1 aliphatic heterocycles. The number of methoxy groups -OCH3 is 1. The average Bonchev–Trinajstić information content (AvgIpc) is 2.69. The molecule has 0 spiro atoms. The van der Waals surface area contributed by atoms with Gasteiger partial charge in [0.1, 0.15) is 23.7 Å². The molecule has 0 fully saturated rings. The largest absolute Gasteiger partial charge is 0.497 e. The highest BCUT2D eigenvalue weighted by Gasteiger charge is 2.27. The van der Waals surface area contributed by atoms with E-state index in [1.807, 2.05) is 24.5 Å². The van der Waals surface area contributed by atoms with Gasteiger partial charge < -0.3 is 19.1 Å². The number of carboxylic acids is 1. The van der Waals surface area contributed by atoms with Crippen molar-refractivity contribution in [1.82, 2.24) is 4.57 Å². The third kappa shape index (κ3) is 2.64. The second kappa shape index (κ2) is 6.03. The van der Waals surface area contributed by atoms with E-state index in [0.717, 1.165) is 5.56 Å². The van der Waals surface area contributed by atoms with Gasteiger partial charge in [-0.05, 0) is 18.1 Å². The molecule has 1 aliphatic rings. The Balaban J connectivity index is 2.29. The van der Waals surface area contributed by atoms with Crippen molar-refractivity contribution in [3.05, 3.63) is 46.2 Å². The Kier molecular flexibility index (Phi) is 4.05. The molecule has 1 N–H and O–H groups in total. The first kappa shape index (κ1) is 16.1. The van der Waals surface area contributed by atoms with Gasteiger partial charge in [-0.3, -0.25) is 4.79 Å². The van der Waals surface area contributed by atoms with Crippen molar-refractivity contribution >= 4 is 5.97 Å². The van der Waals surface area contributed by atoms with Crippen LogP contribution in [0.2, 0.25) is 0 Å². The van der Waals surface area contributed by atoms with Gasteiger partial charge in [0.2, 0.25) is 0 Å². The van der Waals surface area contributed by atoms with Crippen molar-refractivity contribution < 1.29 is 19.4 Å². The molecule has 0 aliphatic carbocycles. The first-order valence-electron chi connectivity index (χ1n) is 7.73. The van der Waals surface area contributed by atoms with Crippen molar-refractivity contribution in [2.75, 3.05) is 13.7 Å². The summed E-state index contributed by atoms with van der Waals surface area (Å²) in [5.41, 5.74) is 0.646. The van der Waals surface area contributed by atoms with Gasteiger partial charge in [-0.2, -0.15) is 0 Å². The van der Waals surface area contributed by atoms with E-state index in [0.29, 0.717) is 23.8 Å². The summed E-state index contributed by atoms with van der Waals surface area (Å²) in [7, 11) is 1.58. The summed E-state index contributed by atoms with van der Waals surface area (Å²) in [6, 6.07) is 6.68. The van der Waals surface area contributed by atoms with Crippen molar-refractivity contribution in [1.29, 1.82) is 0 Å². The van der Waals surface area contributed by atoms with Crippen LogP contribution >= 0.6 is 0 Å². The molecule has 1 atom stereocenters. The molecule has 0 radical (unpaired) electrons. The minimum absolute atomic E-state index is 0.0860. The number of hydrogen-bond acceptors (Lipinski definition) is 4. The maximum Gasteiger partial charge on any atom is 0.341 e. The number of carboxylic acid groups (broad SMARTS) is 1. The van der Waals surface area contributed by atoms with Crippen LogP contribution in [0.15, 0.2) is 35.3 Å². The minimum Gasteiger partial charge on any atom is -0.497 e. The number of rotatable bonds is 3. The van der Waals surface area contributed by atoms with E-state index in [9.17, 15) is 14.7 Å². The Morgan fingerprint density at radius 2 is 2.12 bits per heavy atom. The van der Waals surface area contributed by atoms with Crippen LogP contribution in [0.4, 0.5) is 0 Å². The summed E-state index contributed by atoms with van der Waals surface area (Å²) in [6.07, 6.45) is 1.42. The lowest BCUT2D eigenvalue weighted by Gasteiger charge is -2.24. The average molecular weight is 329 g/mol. The van der Waals surface area contributed by atoms with Crippen LogP contribution in [0.25, 0.3) is 11.3 Å². The number of aromatic nitrogens is 1. The van der Waals surface area contributed by atoms with Gasteiger partial charge in [-0.1, -0.05) is 13.8 Å². The maximum atomic E-state index is 12.2. The first-order chi connectivity index (χ1) is 11.4. The normalized spacial score (nSPS) is 15.9. The predicted molar refractivity (Wildman–Crippen MR) is 89.0 cm³/mol. The Hall–Kier alpha value is -2.76. The summed E-state index contributed by atoms with van der Waals surface area (Å²) >= 11 is 0. The number of carbonyl (C=O) groups is 1. The first-order valence-corrected chi connectivity index (χ1v) is 7.73. The fourth-order valence-electron chi connectivity index (χ4n) is 2.93. The highest BCUT2D eigenvalue weighted by molar-refractivity contribution is 5.87. The van der Waals surface area contributed by atoms with Crippen LogP contribution in [0.1, 0.15) is 30.2 Å². The van der Waals surface area contributed by atoms with Gasteiger partial charge in [0, 0.05) is 23.9 Å². The second-order valence-electron chi connectivity index (χ2n) is 6.13. The highest BCUT2D eigenvalue weighted by Crippen LogP contribution is 2.38. The number of benzene rings is 1. The highest BCUT2D eigenvalue weighted by atomic mass is 16.5. The van der Waals surface area contributed by atoms with E-state index in [4.69, 9.17) is 9.47 Å². The van der Waals surface area contributed by atoms with Gasteiger partial charge >= 0.3 is 5.97 Å². The Bertz CT molecular complexity index is 853. The molecule has 24 heavy (non-hydrogen) atoms. The summed E-state index contributed by atoms with van der Waals surface area (Å²) in [6.45, 7) is 4.45. The Morgan fingerprint density at radius 1 is 1.38 bits per heavy atom. The fourth-order valence-corrected chi connectivity index (χ4v) is 2.93. The Morgan fingerprint density at radius 3 is 2.75 bits per heavy atom. The van der Waals surface area contributed by atoms with Gasteiger partial charge in [-0.15, -0.1) is 0 Å². The zero-order chi connectivity index (χ0) is 17.4. The van der Waals surface area contributed by atoms with Crippen LogP contribution in [-0.4, -0.2) is 29.4 Å². The van der Waals surface area contributed by atoms with E-state index in [1.54, 1.807) is 19.2 Å². The number of aromatic carboxylic acids is 1. The number of ether oxygens (including phenoxy) is 2. The lowest BCUT2D eigenvalue weighted by atomic mass is 10.0. The quantitative estimate of drug-likeness (QED) is 0.937. The molecule has 0 amide bonds. The number of fused-ring (bicyclic) bond motifs is 3. The van der Waals surface area contributed by atoms with Crippen molar-refractivity contribution in [3.8, 4) is 22.8 Å². The molecule has 6 nitrogen and oxygen atoms in total. The SMILES string of the molecule is COc1ccc2c(c1)OC[C@H](C(C)C)n1cc(C(=O)O)c(=O)cc1-2. The van der Waals surface area contributed by atoms with Crippen molar-refractivity contribution in [3.63, 3.8) is 0 Å². The lowest BCUT2D eigenvalue weighted by molar-refractivity contribution is 0.0694. The van der Waals surface area contributed by atoms with Gasteiger partial charge in [0.05, 0.1) is 18.8 Å². The van der Waals surface area contributed by atoms with E-state index in [1.165, 1.54) is 12.3 Å². The molecule has 2 heterocycles. The van der Waals surface area contributed by atoms with E-state index < -0.39 is 11.4 Å². The molecule has 0 bridgehead atoms. The predicted octanol–water partition coefficient (Wildman–Crippen LogP) is 2.81. The maximum absolute atomic E-state index is 12.2. The van der Waals surface area contributed by atoms with Crippen LogP contribution in [0, 0.1) is 5.92 Å². The van der Waals surface area contributed by atoms with Gasteiger partial charge in [-0.25, -0.2) is 4.79 Å². The molecule has 0 unspecified atom stereocenters. The van der Waals surface area contributed by atoms with Crippen molar-refractivity contribution in [2.24, 2.45) is 5.92 Å². The van der Waals surface area contributed by atoms with Crippen LogP contribution in [0.5, 0.6) is 11.5 Å². The van der Waals surface area contributed by atoms with Crippen LogP contribution < -0.4 is 14.9 Å². The molecule has 126 valence electrons. The minimum atomic E-state index is -1.22. The monoisotopic (exact) mass is 329 g/mol. The zero-order valence-electron chi connectivity index (χ0n) is 13.8. The van der Waals surface area contributed by atoms with Crippen molar-refractivity contribution in [2.45, 2.75) is 19.9 Å². The summed E-state index contributed by atoms with van der Waals surface area (Å²) in [5.74, 6) is 0.253. The van der Waals surface area contributed by atoms with Gasteiger partial charge in [0.25, 0.3) is 0 Å². The number of pyridine rings is 1. The topological polar surface area (TPSA) is 77.8 Å². The summed E-state index contributed by atoms with van der Waals surface area (Å²) in [5, 5.41) is 9.26. The third-order valence-corrected chi connectivity index (χ3v) is 4.31. The fraction of sp³-hybridized carbons (Fsp3) is 0.333. The smallest absolute Gasteiger partial charge is 0.341 e. The number of hydrogen-bond donors (Lipinski definition) is 1. The molecule has 0 saturated heterocycles. The molecule has 1 aromatic carbocycles. The molecule has 6 heteroatoms. The second-order valence-corrected chi connectivity index (χ2v) is 6.13. The third-order valence-electron chi connectivity index (χ3n) is 4.31. The number of nitrogens with zero attached hydrogens (tertiary/aromatic N) is 1. The van der Waals surface area contributed by atoms with E-state index >= 15 is 0 Å². The summed E-state index contributed by atoms with van der Waals surface area (Å²) in [4.78, 5) is 23.5. The Labute approximate surface area is 139 Å². The molecule has 1 aromatic heterocycles. The van der Waals surface area contributed by atoms with Crippen LogP contribution in [-0.2, 0) is 0 Å². The van der Waals surface area contributed by atoms with E-state index in [-0.39, 0.29) is 17.5 Å². The van der Waals surface area contributed by atoms with E-state index in [2.05, 4.69) is 0 Å². The molecule has 3 rings (SSSR count). The molecule has 2 aromatic rings.